The summed E-state index contributed by atoms with van der Waals surface area (Å²) in [7, 11) is 0. The summed E-state index contributed by atoms with van der Waals surface area (Å²) in [6.45, 7) is 8.45. The van der Waals surface area contributed by atoms with Gasteiger partial charge in [-0.1, -0.05) is 24.3 Å². The number of carbonyl (C=O) groups is 1. The Hall–Kier alpha value is -2.44. The van der Waals surface area contributed by atoms with Crippen LogP contribution < -0.4 is 20.9 Å². The van der Waals surface area contributed by atoms with Crippen LogP contribution in [0.4, 0.5) is 15.8 Å². The van der Waals surface area contributed by atoms with Crippen LogP contribution >= 0.6 is 0 Å². The molecule has 1 radical (unpaired) electrons. The molecule has 28 heavy (non-hydrogen) atoms. The third-order valence-corrected chi connectivity index (χ3v) is 5.83. The molecule has 0 saturated carbocycles. The van der Waals surface area contributed by atoms with Crippen molar-refractivity contribution in [2.45, 2.75) is 38.4 Å². The average molecular weight is 381 g/mol. The molecule has 1 fully saturated rings. The van der Waals surface area contributed by atoms with Crippen LogP contribution in [0.1, 0.15) is 37.9 Å². The number of carbonyl (C=O) groups excluding carboxylic acids is 1. The molecule has 2 aliphatic heterocycles. The first-order chi connectivity index (χ1) is 13.4. The van der Waals surface area contributed by atoms with Crippen LogP contribution in [-0.2, 0) is 10.3 Å². The fraction of sp³-hybridized carbons (Fsp3) is 0.409. The molecule has 2 unspecified atom stereocenters. The van der Waals surface area contributed by atoms with E-state index in [0.29, 0.717) is 6.54 Å². The maximum atomic E-state index is 13.5. The largest absolute Gasteiger partial charge is 0.349 e. The lowest BCUT2D eigenvalue weighted by atomic mass is 9.87. The van der Waals surface area contributed by atoms with Crippen molar-refractivity contribution in [3.63, 3.8) is 0 Å². The van der Waals surface area contributed by atoms with Gasteiger partial charge >= 0.3 is 0 Å². The van der Waals surface area contributed by atoms with E-state index in [9.17, 15) is 9.18 Å². The molecule has 2 aromatic carbocycles. The summed E-state index contributed by atoms with van der Waals surface area (Å²) < 4.78 is 13.5. The molecule has 0 spiro atoms. The number of rotatable bonds is 3. The van der Waals surface area contributed by atoms with E-state index < -0.39 is 5.54 Å². The van der Waals surface area contributed by atoms with E-state index in [1.54, 1.807) is 12.1 Å². The van der Waals surface area contributed by atoms with E-state index in [4.69, 9.17) is 0 Å². The van der Waals surface area contributed by atoms with E-state index in [1.165, 1.54) is 12.1 Å². The maximum absolute atomic E-state index is 13.5. The summed E-state index contributed by atoms with van der Waals surface area (Å²) in [5.41, 5.74) is 3.39. The van der Waals surface area contributed by atoms with Crippen molar-refractivity contribution in [2.75, 3.05) is 29.9 Å². The first-order valence-corrected chi connectivity index (χ1v) is 9.75. The minimum atomic E-state index is -0.512. The highest BCUT2D eigenvalue weighted by atomic mass is 19.1. The third kappa shape index (κ3) is 3.16. The first kappa shape index (κ1) is 18.9. The number of fused-ring (bicyclic) bond motifs is 1. The molecule has 0 aliphatic carbocycles. The monoisotopic (exact) mass is 381 g/mol. The summed E-state index contributed by atoms with van der Waals surface area (Å²) in [4.78, 5) is 14.9. The van der Waals surface area contributed by atoms with Crippen molar-refractivity contribution < 1.29 is 9.18 Å². The highest BCUT2D eigenvalue weighted by Crippen LogP contribution is 2.45. The Kier molecular flexibility index (Phi) is 4.85. The lowest BCUT2D eigenvalue weighted by Crippen LogP contribution is -2.55. The number of nitrogens with zero attached hydrogens (tertiary/aromatic N) is 2. The predicted octanol–water partition coefficient (Wildman–Crippen LogP) is 3.16. The molecule has 0 aromatic heterocycles. The smallest absolute Gasteiger partial charge is 0.246 e. The molecule has 6 heteroatoms. The van der Waals surface area contributed by atoms with Crippen LogP contribution in [0.15, 0.2) is 42.5 Å². The van der Waals surface area contributed by atoms with Crippen molar-refractivity contribution in [3.05, 3.63) is 59.4 Å². The minimum absolute atomic E-state index is 0.0406. The maximum Gasteiger partial charge on any atom is 0.246 e. The van der Waals surface area contributed by atoms with Gasteiger partial charge in [0, 0.05) is 25.7 Å². The summed E-state index contributed by atoms with van der Waals surface area (Å²) in [6.07, 6.45) is 0. The molecule has 2 atom stereocenters. The number of hydrogen-bond donors (Lipinski definition) is 2. The van der Waals surface area contributed by atoms with Gasteiger partial charge in [-0.25, -0.2) is 9.71 Å². The zero-order valence-electron chi connectivity index (χ0n) is 16.5. The van der Waals surface area contributed by atoms with Gasteiger partial charge in [0.15, 0.2) is 0 Å². The molecule has 2 aromatic rings. The number of para-hydroxylation sites is 1. The Balaban J connectivity index is 1.86. The van der Waals surface area contributed by atoms with E-state index in [-0.39, 0.29) is 23.8 Å². The molecular weight excluding hydrogens is 355 g/mol. The second kappa shape index (κ2) is 7.18. The number of nitrogens with one attached hydrogen (secondary N) is 2. The molecule has 4 rings (SSSR count). The highest BCUT2D eigenvalue weighted by molar-refractivity contribution is 6.04. The Morgan fingerprint density at radius 3 is 2.61 bits per heavy atom. The zero-order chi connectivity index (χ0) is 19.9. The van der Waals surface area contributed by atoms with E-state index in [0.717, 1.165) is 35.6 Å². The van der Waals surface area contributed by atoms with Crippen molar-refractivity contribution in [2.24, 2.45) is 0 Å². The molecule has 2 N–H and O–H groups in total. The summed E-state index contributed by atoms with van der Waals surface area (Å²) in [5.74, 6) is -0.306. The number of anilines is 2. The lowest BCUT2D eigenvalue weighted by Gasteiger charge is -2.48. The first-order valence-electron chi connectivity index (χ1n) is 9.75. The number of hydrogen-bond acceptors (Lipinski definition) is 3. The zero-order valence-corrected chi connectivity index (χ0v) is 16.5. The Labute approximate surface area is 165 Å². The fourth-order valence-corrected chi connectivity index (χ4v) is 4.33. The van der Waals surface area contributed by atoms with E-state index in [1.807, 2.05) is 19.1 Å². The molecular formula is C22H26FN4O. The van der Waals surface area contributed by atoms with Gasteiger partial charge < -0.3 is 15.5 Å². The van der Waals surface area contributed by atoms with Crippen LogP contribution in [0.2, 0.25) is 0 Å². The van der Waals surface area contributed by atoms with Crippen molar-refractivity contribution >= 4 is 17.3 Å². The molecule has 0 bridgehead atoms. The Morgan fingerprint density at radius 1 is 1.18 bits per heavy atom. The van der Waals surface area contributed by atoms with Gasteiger partial charge in [0.2, 0.25) is 5.91 Å². The quantitative estimate of drug-likeness (QED) is 0.859. The van der Waals surface area contributed by atoms with Gasteiger partial charge in [-0.3, -0.25) is 4.79 Å². The van der Waals surface area contributed by atoms with Crippen LogP contribution in [0.3, 0.4) is 0 Å². The normalized spacial score (nSPS) is 22.6. The molecule has 1 saturated heterocycles. The second-order valence-corrected chi connectivity index (χ2v) is 7.98. The molecule has 147 valence electrons. The van der Waals surface area contributed by atoms with Gasteiger partial charge in [-0.15, -0.1) is 0 Å². The second-order valence-electron chi connectivity index (χ2n) is 7.98. The van der Waals surface area contributed by atoms with Gasteiger partial charge in [0.1, 0.15) is 11.9 Å². The molecule has 5 nitrogen and oxygen atoms in total. The van der Waals surface area contributed by atoms with Crippen LogP contribution in [0, 0.1) is 5.82 Å². The molecule has 2 aliphatic rings. The van der Waals surface area contributed by atoms with Gasteiger partial charge in [0.05, 0.1) is 16.9 Å². The standard InChI is InChI=1S/C22H26FN4O/c1-14-21(28)26-18-6-4-5-17(19-13-24-11-12-25-19)20(18)27(14)22(2,3)15-7-9-16(23)10-8-15/h4-10,14,19,25H,11-13H2,1-3H3,(H,26,28). The van der Waals surface area contributed by atoms with Crippen LogP contribution in [0.25, 0.3) is 0 Å². The Bertz CT molecular complexity index is 875. The van der Waals surface area contributed by atoms with Gasteiger partial charge in [-0.05, 0) is 50.1 Å². The summed E-state index contributed by atoms with van der Waals surface area (Å²) in [5, 5.41) is 11.2. The summed E-state index contributed by atoms with van der Waals surface area (Å²) >= 11 is 0. The van der Waals surface area contributed by atoms with Crippen molar-refractivity contribution in [3.8, 4) is 0 Å². The van der Waals surface area contributed by atoms with Crippen LogP contribution in [0.5, 0.6) is 0 Å². The van der Waals surface area contributed by atoms with E-state index in [2.05, 4.69) is 40.8 Å². The van der Waals surface area contributed by atoms with Crippen LogP contribution in [-0.4, -0.2) is 31.6 Å². The van der Waals surface area contributed by atoms with Gasteiger partial charge in [-0.2, -0.15) is 0 Å². The van der Waals surface area contributed by atoms with E-state index >= 15 is 0 Å². The molecule has 2 heterocycles. The average Bonchev–Trinajstić information content (AvgIpc) is 2.69. The van der Waals surface area contributed by atoms with Gasteiger partial charge in [0.25, 0.3) is 0 Å². The molecule has 1 amide bonds. The topological polar surface area (TPSA) is 58.5 Å². The number of amides is 1. The fourth-order valence-electron chi connectivity index (χ4n) is 4.33. The lowest BCUT2D eigenvalue weighted by molar-refractivity contribution is -0.117. The number of piperazine rings is 1. The SMILES string of the molecule is CC1C(=O)Nc2cccc(C3C[N]CCN3)c2N1C(C)(C)c1ccc(F)cc1. The number of benzene rings is 2. The predicted molar refractivity (Wildman–Crippen MR) is 109 cm³/mol. The number of halogens is 1. The Morgan fingerprint density at radius 2 is 1.93 bits per heavy atom. The van der Waals surface area contributed by atoms with Crippen molar-refractivity contribution in [1.29, 1.82) is 0 Å². The van der Waals surface area contributed by atoms with Crippen molar-refractivity contribution in [1.82, 2.24) is 10.6 Å². The summed E-state index contributed by atoms with van der Waals surface area (Å²) in [6, 6.07) is 12.3. The minimum Gasteiger partial charge on any atom is -0.349 e. The third-order valence-electron chi connectivity index (χ3n) is 5.83. The highest BCUT2D eigenvalue weighted by Gasteiger charge is 2.41.